The van der Waals surface area contributed by atoms with E-state index in [1.54, 1.807) is 4.90 Å². The van der Waals surface area contributed by atoms with Gasteiger partial charge in [0.1, 0.15) is 0 Å². The van der Waals surface area contributed by atoms with Crippen LogP contribution in [-0.4, -0.2) is 23.9 Å². The number of carbonyl (C=O) groups is 1. The van der Waals surface area contributed by atoms with Crippen molar-refractivity contribution in [1.29, 1.82) is 5.26 Å². The number of carbonyl (C=O) groups excluding carboxylic acids is 1. The first-order valence-electron chi connectivity index (χ1n) is 7.38. The molecule has 108 valence electrons. The Kier molecular flexibility index (Phi) is 5.40. The van der Waals surface area contributed by atoms with Crippen LogP contribution in [0.5, 0.6) is 0 Å². The third kappa shape index (κ3) is 4.86. The van der Waals surface area contributed by atoms with E-state index in [1.165, 1.54) is 6.42 Å². The van der Waals surface area contributed by atoms with Gasteiger partial charge in [-0.1, -0.05) is 20.8 Å². The maximum absolute atomic E-state index is 12.3. The van der Waals surface area contributed by atoms with Gasteiger partial charge in [-0.3, -0.25) is 4.79 Å². The molecule has 0 N–H and O–H groups in total. The maximum Gasteiger partial charge on any atom is 0.222 e. The summed E-state index contributed by atoms with van der Waals surface area (Å²) in [5.41, 5.74) is 0.361. The molecule has 1 amide bonds. The highest BCUT2D eigenvalue weighted by molar-refractivity contribution is 5.76. The summed E-state index contributed by atoms with van der Waals surface area (Å²) in [5, 5.41) is 8.70. The average Bonchev–Trinajstić information content (AvgIpc) is 2.25. The summed E-state index contributed by atoms with van der Waals surface area (Å²) in [6.45, 7) is 8.85. The van der Waals surface area contributed by atoms with E-state index in [9.17, 15) is 4.79 Å². The Morgan fingerprint density at radius 3 is 2.63 bits per heavy atom. The quantitative estimate of drug-likeness (QED) is 0.778. The molecule has 0 aliphatic heterocycles. The van der Waals surface area contributed by atoms with Gasteiger partial charge in [0, 0.05) is 19.5 Å². The molecule has 0 aromatic rings. The van der Waals surface area contributed by atoms with E-state index < -0.39 is 0 Å². The smallest absolute Gasteiger partial charge is 0.222 e. The van der Waals surface area contributed by atoms with Crippen molar-refractivity contribution in [3.63, 3.8) is 0 Å². The van der Waals surface area contributed by atoms with Crippen molar-refractivity contribution in [2.24, 2.45) is 17.3 Å². The SMILES string of the molecule is C[C@@H]1C[C@@H](CC(=O)N(C)[C@H](C)CC#N)CC(C)(C)C1. The molecular weight excluding hydrogens is 236 g/mol. The average molecular weight is 264 g/mol. The molecule has 19 heavy (non-hydrogen) atoms. The molecule has 3 heteroatoms. The van der Waals surface area contributed by atoms with Crippen molar-refractivity contribution >= 4 is 5.91 Å². The molecule has 0 spiro atoms. The number of hydrogen-bond donors (Lipinski definition) is 0. The molecule has 0 aromatic carbocycles. The Balaban J connectivity index is 2.54. The topological polar surface area (TPSA) is 44.1 Å². The molecule has 0 aromatic heterocycles. The predicted octanol–water partition coefficient (Wildman–Crippen LogP) is 3.60. The fraction of sp³-hybridized carbons (Fsp3) is 0.875. The molecule has 3 nitrogen and oxygen atoms in total. The van der Waals surface area contributed by atoms with E-state index in [4.69, 9.17) is 5.26 Å². The predicted molar refractivity (Wildman–Crippen MR) is 77.4 cm³/mol. The lowest BCUT2D eigenvalue weighted by molar-refractivity contribution is -0.133. The van der Waals surface area contributed by atoms with E-state index in [1.807, 2.05) is 14.0 Å². The van der Waals surface area contributed by atoms with Crippen LogP contribution in [0.15, 0.2) is 0 Å². The van der Waals surface area contributed by atoms with Gasteiger partial charge in [0.25, 0.3) is 0 Å². The third-order valence-electron chi connectivity index (χ3n) is 4.38. The van der Waals surface area contributed by atoms with Crippen LogP contribution in [0.4, 0.5) is 0 Å². The number of rotatable bonds is 4. The summed E-state index contributed by atoms with van der Waals surface area (Å²) in [6.07, 6.45) is 4.62. The molecule has 0 unspecified atom stereocenters. The molecule has 0 radical (unpaired) electrons. The van der Waals surface area contributed by atoms with Crippen LogP contribution in [0.1, 0.15) is 59.8 Å². The van der Waals surface area contributed by atoms with Gasteiger partial charge in [0.15, 0.2) is 0 Å². The Morgan fingerprint density at radius 1 is 1.47 bits per heavy atom. The zero-order chi connectivity index (χ0) is 14.6. The molecular formula is C16H28N2O. The number of nitriles is 1. The summed E-state index contributed by atoms with van der Waals surface area (Å²) in [5.74, 6) is 1.41. The Bertz CT molecular complexity index is 356. The Morgan fingerprint density at radius 2 is 2.11 bits per heavy atom. The van der Waals surface area contributed by atoms with Crippen molar-refractivity contribution < 1.29 is 4.79 Å². The first-order chi connectivity index (χ1) is 8.75. The molecule has 1 rings (SSSR count). The summed E-state index contributed by atoms with van der Waals surface area (Å²) < 4.78 is 0. The monoisotopic (exact) mass is 264 g/mol. The van der Waals surface area contributed by atoms with Gasteiger partial charge in [-0.2, -0.15) is 5.26 Å². The van der Waals surface area contributed by atoms with Crippen LogP contribution in [0, 0.1) is 28.6 Å². The molecule has 0 saturated heterocycles. The number of nitrogens with zero attached hydrogens (tertiary/aromatic N) is 2. The first kappa shape index (κ1) is 16.0. The van der Waals surface area contributed by atoms with Gasteiger partial charge in [0.05, 0.1) is 12.5 Å². The second kappa shape index (κ2) is 6.41. The van der Waals surface area contributed by atoms with Crippen LogP contribution in [0.3, 0.4) is 0 Å². The van der Waals surface area contributed by atoms with Gasteiger partial charge in [-0.25, -0.2) is 0 Å². The van der Waals surface area contributed by atoms with Crippen LogP contribution in [0.2, 0.25) is 0 Å². The van der Waals surface area contributed by atoms with Gasteiger partial charge in [-0.15, -0.1) is 0 Å². The van der Waals surface area contributed by atoms with Crippen molar-refractivity contribution in [2.45, 2.75) is 65.8 Å². The first-order valence-corrected chi connectivity index (χ1v) is 7.38. The second-order valence-electron chi connectivity index (χ2n) is 7.20. The molecule has 1 aliphatic rings. The summed E-state index contributed by atoms with van der Waals surface area (Å²) >= 11 is 0. The highest BCUT2D eigenvalue weighted by atomic mass is 16.2. The van der Waals surface area contributed by atoms with E-state index in [-0.39, 0.29) is 11.9 Å². The third-order valence-corrected chi connectivity index (χ3v) is 4.38. The lowest BCUT2D eigenvalue weighted by atomic mass is 9.67. The van der Waals surface area contributed by atoms with Gasteiger partial charge >= 0.3 is 0 Å². The largest absolute Gasteiger partial charge is 0.342 e. The Labute approximate surface area is 118 Å². The number of amides is 1. The van der Waals surface area contributed by atoms with Gasteiger partial charge in [-0.05, 0) is 43.4 Å². The normalized spacial score (nSPS) is 27.4. The molecule has 1 aliphatic carbocycles. The minimum Gasteiger partial charge on any atom is -0.342 e. The maximum atomic E-state index is 12.3. The minimum atomic E-state index is 0.0199. The zero-order valence-corrected chi connectivity index (χ0v) is 13.1. The van der Waals surface area contributed by atoms with Gasteiger partial charge in [0.2, 0.25) is 5.91 Å². The summed E-state index contributed by atoms with van der Waals surface area (Å²) in [6, 6.07) is 2.15. The zero-order valence-electron chi connectivity index (χ0n) is 13.1. The fourth-order valence-electron chi connectivity index (χ4n) is 3.61. The summed E-state index contributed by atoms with van der Waals surface area (Å²) in [4.78, 5) is 14.0. The number of hydrogen-bond acceptors (Lipinski definition) is 2. The second-order valence-corrected chi connectivity index (χ2v) is 7.20. The van der Waals surface area contributed by atoms with Gasteiger partial charge < -0.3 is 4.90 Å². The van der Waals surface area contributed by atoms with Crippen LogP contribution >= 0.6 is 0 Å². The Hall–Kier alpha value is -1.04. The highest BCUT2D eigenvalue weighted by Gasteiger charge is 2.33. The molecule has 0 heterocycles. The van der Waals surface area contributed by atoms with Crippen molar-refractivity contribution in [3.8, 4) is 6.07 Å². The van der Waals surface area contributed by atoms with Crippen LogP contribution < -0.4 is 0 Å². The van der Waals surface area contributed by atoms with E-state index >= 15 is 0 Å². The van der Waals surface area contributed by atoms with Crippen LogP contribution in [0.25, 0.3) is 0 Å². The molecule has 1 saturated carbocycles. The molecule has 3 atom stereocenters. The summed E-state index contributed by atoms with van der Waals surface area (Å²) in [7, 11) is 1.82. The fourth-order valence-corrected chi connectivity index (χ4v) is 3.61. The lowest BCUT2D eigenvalue weighted by Gasteiger charge is -2.39. The highest BCUT2D eigenvalue weighted by Crippen LogP contribution is 2.42. The van der Waals surface area contributed by atoms with E-state index in [0.717, 1.165) is 12.8 Å². The van der Waals surface area contributed by atoms with E-state index in [0.29, 0.717) is 30.1 Å². The molecule has 1 fully saturated rings. The van der Waals surface area contributed by atoms with Crippen molar-refractivity contribution in [2.75, 3.05) is 7.05 Å². The van der Waals surface area contributed by atoms with E-state index in [2.05, 4.69) is 26.8 Å². The van der Waals surface area contributed by atoms with Crippen LogP contribution in [-0.2, 0) is 4.79 Å². The standard InChI is InChI=1S/C16H28N2O/c1-12-8-14(11-16(3,4)10-12)9-15(19)18(5)13(2)6-7-17/h12-14H,6,8-11H2,1-5H3/t12-,13-,14+/m1/s1. The minimum absolute atomic E-state index is 0.0199. The lowest BCUT2D eigenvalue weighted by Crippen LogP contribution is -2.37. The van der Waals surface area contributed by atoms with Crippen molar-refractivity contribution in [1.82, 2.24) is 4.90 Å². The molecule has 0 bridgehead atoms. The van der Waals surface area contributed by atoms with Crippen molar-refractivity contribution in [3.05, 3.63) is 0 Å².